The van der Waals surface area contributed by atoms with Crippen LogP contribution in [0.3, 0.4) is 0 Å². The highest BCUT2D eigenvalue weighted by molar-refractivity contribution is 6.01. The number of benzene rings is 1. The minimum Gasteiger partial charge on any atom is -0.494 e. The summed E-state index contributed by atoms with van der Waals surface area (Å²) in [6.45, 7) is 6.54. The lowest BCUT2D eigenvalue weighted by Gasteiger charge is -2.43. The van der Waals surface area contributed by atoms with Gasteiger partial charge in [-0.1, -0.05) is 25.0 Å². The van der Waals surface area contributed by atoms with Gasteiger partial charge in [0, 0.05) is 18.7 Å². The van der Waals surface area contributed by atoms with Crippen molar-refractivity contribution in [1.82, 2.24) is 20.0 Å². The van der Waals surface area contributed by atoms with E-state index in [1.165, 1.54) is 10.7 Å². The molecule has 0 saturated heterocycles. The van der Waals surface area contributed by atoms with Crippen molar-refractivity contribution in [2.45, 2.75) is 71.1 Å². The average molecular weight is 469 g/mol. The number of hydrogen-bond donors (Lipinski definition) is 1. The standard InChI is InChI=1S/C25H32N4O5/c1-4-33-19-12-10-17(11-13-19)15-28-22(30)21-14-20(23(31)34-5-2)27-29(21)16-25(28,3)24(32)26-18-8-6-7-9-18/h10-14,18H,4-9,15-16H2,1-3H3,(H,26,32)/t25-/m1/s1. The maximum absolute atomic E-state index is 13.6. The van der Waals surface area contributed by atoms with Gasteiger partial charge in [0.2, 0.25) is 5.91 Å². The van der Waals surface area contributed by atoms with Crippen molar-refractivity contribution >= 4 is 17.8 Å². The van der Waals surface area contributed by atoms with Crippen LogP contribution in [0.5, 0.6) is 5.75 Å². The van der Waals surface area contributed by atoms with Crippen molar-refractivity contribution in [3.63, 3.8) is 0 Å². The highest BCUT2D eigenvalue weighted by atomic mass is 16.5. The first-order chi connectivity index (χ1) is 16.4. The predicted molar refractivity (Wildman–Crippen MR) is 124 cm³/mol. The molecule has 1 aliphatic heterocycles. The van der Waals surface area contributed by atoms with E-state index in [9.17, 15) is 14.4 Å². The van der Waals surface area contributed by atoms with E-state index in [4.69, 9.17) is 9.47 Å². The van der Waals surface area contributed by atoms with Crippen molar-refractivity contribution in [1.29, 1.82) is 0 Å². The molecule has 2 aliphatic rings. The third kappa shape index (κ3) is 4.64. The molecule has 9 nitrogen and oxygen atoms in total. The fourth-order valence-corrected chi connectivity index (χ4v) is 4.65. The molecule has 2 heterocycles. The summed E-state index contributed by atoms with van der Waals surface area (Å²) in [5.74, 6) is -0.410. The van der Waals surface area contributed by atoms with Gasteiger partial charge in [-0.2, -0.15) is 5.10 Å². The van der Waals surface area contributed by atoms with Crippen LogP contribution >= 0.6 is 0 Å². The zero-order valence-corrected chi connectivity index (χ0v) is 20.0. The summed E-state index contributed by atoms with van der Waals surface area (Å²) in [6.07, 6.45) is 4.05. The molecule has 0 radical (unpaired) electrons. The first kappa shape index (κ1) is 23.8. The van der Waals surface area contributed by atoms with Gasteiger partial charge in [-0.05, 0) is 51.3 Å². The third-order valence-electron chi connectivity index (χ3n) is 6.54. The van der Waals surface area contributed by atoms with Crippen LogP contribution in [0.15, 0.2) is 30.3 Å². The van der Waals surface area contributed by atoms with Crippen LogP contribution in [0.1, 0.15) is 73.0 Å². The zero-order valence-electron chi connectivity index (χ0n) is 20.0. The quantitative estimate of drug-likeness (QED) is 0.598. The lowest BCUT2D eigenvalue weighted by molar-refractivity contribution is -0.134. The number of aromatic nitrogens is 2. The summed E-state index contributed by atoms with van der Waals surface area (Å²) in [4.78, 5) is 41.0. The van der Waals surface area contributed by atoms with Crippen molar-refractivity contribution in [3.8, 4) is 5.75 Å². The van der Waals surface area contributed by atoms with Crippen LogP contribution in [-0.4, -0.2) is 57.3 Å². The lowest BCUT2D eigenvalue weighted by atomic mass is 9.93. The molecule has 34 heavy (non-hydrogen) atoms. The van der Waals surface area contributed by atoms with E-state index in [1.807, 2.05) is 31.2 Å². The van der Waals surface area contributed by atoms with Gasteiger partial charge in [0.1, 0.15) is 17.0 Å². The van der Waals surface area contributed by atoms with Gasteiger partial charge in [0.05, 0.1) is 19.8 Å². The van der Waals surface area contributed by atoms with E-state index >= 15 is 0 Å². The van der Waals surface area contributed by atoms with Gasteiger partial charge in [-0.15, -0.1) is 0 Å². The summed E-state index contributed by atoms with van der Waals surface area (Å²) in [6, 6.07) is 9.05. The van der Waals surface area contributed by atoms with Gasteiger partial charge in [0.15, 0.2) is 5.69 Å². The number of fused-ring (bicyclic) bond motifs is 1. The molecule has 2 aromatic rings. The average Bonchev–Trinajstić information content (AvgIpc) is 3.48. The molecule has 1 aromatic heterocycles. The molecular formula is C25H32N4O5. The molecule has 0 bridgehead atoms. The maximum Gasteiger partial charge on any atom is 0.358 e. The number of esters is 1. The number of carbonyl (C=O) groups is 3. The Morgan fingerprint density at radius 3 is 2.50 bits per heavy atom. The minimum absolute atomic E-state index is 0.0617. The van der Waals surface area contributed by atoms with Gasteiger partial charge < -0.3 is 19.7 Å². The largest absolute Gasteiger partial charge is 0.494 e. The van der Waals surface area contributed by atoms with Crippen LogP contribution in [0, 0.1) is 0 Å². The highest BCUT2D eigenvalue weighted by Gasteiger charge is 2.48. The number of hydrogen-bond acceptors (Lipinski definition) is 6. The predicted octanol–water partition coefficient (Wildman–Crippen LogP) is 2.93. The molecule has 9 heteroatoms. The number of amides is 2. The molecule has 2 amide bonds. The normalized spacial score (nSPS) is 20.2. The van der Waals surface area contributed by atoms with E-state index in [2.05, 4.69) is 10.4 Å². The van der Waals surface area contributed by atoms with E-state index in [-0.39, 0.29) is 48.9 Å². The van der Waals surface area contributed by atoms with Crippen molar-refractivity contribution in [2.75, 3.05) is 13.2 Å². The molecule has 4 rings (SSSR count). The molecule has 182 valence electrons. The SMILES string of the molecule is CCOC(=O)c1cc2n(n1)C[C@](C)(C(=O)NC1CCCC1)N(Cc1ccc(OCC)cc1)C2=O. The second kappa shape index (κ2) is 9.87. The molecule has 1 saturated carbocycles. The molecule has 1 aromatic carbocycles. The van der Waals surface area contributed by atoms with Crippen LogP contribution in [0.25, 0.3) is 0 Å². The second-order valence-electron chi connectivity index (χ2n) is 8.99. The van der Waals surface area contributed by atoms with Crippen molar-refractivity contribution < 1.29 is 23.9 Å². The van der Waals surface area contributed by atoms with Crippen LogP contribution in [-0.2, 0) is 22.6 Å². The second-order valence-corrected chi connectivity index (χ2v) is 8.99. The van der Waals surface area contributed by atoms with Crippen molar-refractivity contribution in [3.05, 3.63) is 47.3 Å². The van der Waals surface area contributed by atoms with E-state index < -0.39 is 11.5 Å². The molecule has 0 spiro atoms. The Hall–Kier alpha value is -3.36. The number of ether oxygens (including phenoxy) is 2. The number of nitrogens with zero attached hydrogens (tertiary/aromatic N) is 3. The highest BCUT2D eigenvalue weighted by Crippen LogP contribution is 2.31. The van der Waals surface area contributed by atoms with E-state index in [1.54, 1.807) is 18.7 Å². The lowest BCUT2D eigenvalue weighted by Crippen LogP contribution is -2.64. The number of carbonyl (C=O) groups excluding carboxylic acids is 3. The Morgan fingerprint density at radius 1 is 1.15 bits per heavy atom. The van der Waals surface area contributed by atoms with Crippen LogP contribution < -0.4 is 10.1 Å². The Labute approximate surface area is 199 Å². The Balaban J connectivity index is 1.66. The van der Waals surface area contributed by atoms with Crippen molar-refractivity contribution in [2.24, 2.45) is 0 Å². The molecule has 1 atom stereocenters. The molecule has 1 N–H and O–H groups in total. The molecule has 0 unspecified atom stereocenters. The third-order valence-corrected chi connectivity index (χ3v) is 6.54. The summed E-state index contributed by atoms with van der Waals surface area (Å²) in [7, 11) is 0. The zero-order chi connectivity index (χ0) is 24.3. The monoisotopic (exact) mass is 468 g/mol. The summed E-state index contributed by atoms with van der Waals surface area (Å²) < 4.78 is 12.0. The molecule has 1 fully saturated rings. The molecule has 1 aliphatic carbocycles. The fraction of sp³-hybridized carbons (Fsp3) is 0.520. The first-order valence-electron chi connectivity index (χ1n) is 12.0. The van der Waals surface area contributed by atoms with Gasteiger partial charge in [-0.25, -0.2) is 4.79 Å². The van der Waals surface area contributed by atoms with E-state index in [0.29, 0.717) is 6.61 Å². The Bertz CT molecular complexity index is 1060. The van der Waals surface area contributed by atoms with Gasteiger partial charge in [-0.3, -0.25) is 14.3 Å². The first-order valence-corrected chi connectivity index (χ1v) is 12.0. The topological polar surface area (TPSA) is 103 Å². The maximum atomic E-state index is 13.6. The Morgan fingerprint density at radius 2 is 1.85 bits per heavy atom. The smallest absolute Gasteiger partial charge is 0.358 e. The summed E-state index contributed by atoms with van der Waals surface area (Å²) in [5.41, 5.74) is 0.0190. The fourth-order valence-electron chi connectivity index (χ4n) is 4.65. The van der Waals surface area contributed by atoms with Gasteiger partial charge in [0.25, 0.3) is 5.91 Å². The van der Waals surface area contributed by atoms with Crippen LogP contribution in [0.4, 0.5) is 0 Å². The summed E-state index contributed by atoms with van der Waals surface area (Å²) >= 11 is 0. The van der Waals surface area contributed by atoms with Crippen LogP contribution in [0.2, 0.25) is 0 Å². The number of rotatable bonds is 8. The van der Waals surface area contributed by atoms with E-state index in [0.717, 1.165) is 37.0 Å². The minimum atomic E-state index is -1.18. The van der Waals surface area contributed by atoms with Gasteiger partial charge >= 0.3 is 5.97 Å². The molecular weight excluding hydrogens is 436 g/mol. The summed E-state index contributed by atoms with van der Waals surface area (Å²) in [5, 5.41) is 7.45. The Kier molecular flexibility index (Phi) is 6.90. The number of nitrogens with one attached hydrogen (secondary N) is 1.